The molecule has 0 aromatic carbocycles. The monoisotopic (exact) mass is 268 g/mol. The van der Waals surface area contributed by atoms with Crippen LogP contribution in [-0.2, 0) is 9.59 Å². The van der Waals surface area contributed by atoms with E-state index < -0.39 is 5.54 Å². The minimum absolute atomic E-state index is 0.0205. The molecule has 1 aliphatic heterocycles. The zero-order valence-corrected chi connectivity index (χ0v) is 13.0. The molecule has 0 bridgehead atoms. The van der Waals surface area contributed by atoms with Gasteiger partial charge in [-0.1, -0.05) is 27.7 Å². The second-order valence-corrected chi connectivity index (χ2v) is 5.99. The Hall–Kier alpha value is -1.06. The van der Waals surface area contributed by atoms with Gasteiger partial charge in [-0.15, -0.1) is 0 Å². The van der Waals surface area contributed by atoms with Crippen molar-refractivity contribution in [1.29, 1.82) is 0 Å². The average Bonchev–Trinajstić information content (AvgIpc) is 2.38. The van der Waals surface area contributed by atoms with Gasteiger partial charge in [0.25, 0.3) is 0 Å². The van der Waals surface area contributed by atoms with Crippen LogP contribution < -0.4 is 5.32 Å². The molecule has 1 saturated heterocycles. The third-order valence-electron chi connectivity index (χ3n) is 4.27. The van der Waals surface area contributed by atoms with E-state index in [-0.39, 0.29) is 17.9 Å². The first kappa shape index (κ1) is 16.0. The molecule has 2 amide bonds. The lowest BCUT2D eigenvalue weighted by Gasteiger charge is -2.44. The first-order valence-electron chi connectivity index (χ1n) is 7.51. The Morgan fingerprint density at radius 2 is 1.84 bits per heavy atom. The van der Waals surface area contributed by atoms with E-state index in [0.29, 0.717) is 25.3 Å². The van der Waals surface area contributed by atoms with E-state index in [1.54, 1.807) is 4.90 Å². The van der Waals surface area contributed by atoms with E-state index in [2.05, 4.69) is 19.2 Å². The predicted octanol–water partition coefficient (Wildman–Crippen LogP) is 2.33. The Morgan fingerprint density at radius 1 is 1.26 bits per heavy atom. The number of carbonyl (C=O) groups is 2. The van der Waals surface area contributed by atoms with Gasteiger partial charge in [0.05, 0.1) is 0 Å². The normalized spacial score (nSPS) is 22.8. The third-order valence-corrected chi connectivity index (χ3v) is 4.27. The molecule has 1 atom stereocenters. The molecule has 0 aromatic heterocycles. The maximum atomic E-state index is 12.7. The Kier molecular flexibility index (Phi) is 5.39. The lowest BCUT2D eigenvalue weighted by molar-refractivity contribution is -0.154. The molecule has 4 heteroatoms. The molecule has 1 aliphatic rings. The SMILES string of the molecule is CCC1(CC)NC(=O)C(C)N(CCCC(C)C)C1=O. The minimum Gasteiger partial charge on any atom is -0.340 e. The van der Waals surface area contributed by atoms with E-state index in [1.165, 1.54) is 0 Å². The fourth-order valence-corrected chi connectivity index (χ4v) is 2.68. The highest BCUT2D eigenvalue weighted by Crippen LogP contribution is 2.25. The number of nitrogens with one attached hydrogen (secondary N) is 1. The van der Waals surface area contributed by atoms with Crippen molar-refractivity contribution in [2.75, 3.05) is 6.54 Å². The topological polar surface area (TPSA) is 49.4 Å². The first-order chi connectivity index (χ1) is 8.88. The van der Waals surface area contributed by atoms with Crippen LogP contribution in [0.5, 0.6) is 0 Å². The predicted molar refractivity (Wildman–Crippen MR) is 76.7 cm³/mol. The van der Waals surface area contributed by atoms with Crippen LogP contribution in [-0.4, -0.2) is 34.8 Å². The molecule has 0 aromatic rings. The van der Waals surface area contributed by atoms with E-state index >= 15 is 0 Å². The van der Waals surface area contributed by atoms with Crippen LogP contribution in [0.2, 0.25) is 0 Å². The van der Waals surface area contributed by atoms with Crippen molar-refractivity contribution < 1.29 is 9.59 Å². The minimum atomic E-state index is -0.679. The fraction of sp³-hybridized carbons (Fsp3) is 0.867. The molecule has 1 heterocycles. The van der Waals surface area contributed by atoms with E-state index in [4.69, 9.17) is 0 Å². The zero-order chi connectivity index (χ0) is 14.6. The van der Waals surface area contributed by atoms with Crippen molar-refractivity contribution in [3.63, 3.8) is 0 Å². The van der Waals surface area contributed by atoms with Gasteiger partial charge in [-0.05, 0) is 38.5 Å². The second-order valence-electron chi connectivity index (χ2n) is 5.99. The van der Waals surface area contributed by atoms with Gasteiger partial charge < -0.3 is 10.2 Å². The Labute approximate surface area is 116 Å². The van der Waals surface area contributed by atoms with Crippen LogP contribution in [0.1, 0.15) is 60.3 Å². The summed E-state index contributed by atoms with van der Waals surface area (Å²) < 4.78 is 0. The van der Waals surface area contributed by atoms with Crippen molar-refractivity contribution in [2.24, 2.45) is 5.92 Å². The summed E-state index contributed by atoms with van der Waals surface area (Å²) in [6.45, 7) is 10.8. The Balaban J connectivity index is 2.81. The van der Waals surface area contributed by atoms with Gasteiger partial charge in [-0.25, -0.2) is 0 Å². The lowest BCUT2D eigenvalue weighted by atomic mass is 9.87. The summed E-state index contributed by atoms with van der Waals surface area (Å²) in [6.07, 6.45) is 3.36. The van der Waals surface area contributed by atoms with Gasteiger partial charge in [0.2, 0.25) is 11.8 Å². The van der Waals surface area contributed by atoms with Crippen molar-refractivity contribution in [3.8, 4) is 0 Å². The first-order valence-corrected chi connectivity index (χ1v) is 7.51. The van der Waals surface area contributed by atoms with Gasteiger partial charge in [0.15, 0.2) is 0 Å². The molecule has 1 rings (SSSR count). The Morgan fingerprint density at radius 3 is 2.32 bits per heavy atom. The summed E-state index contributed by atoms with van der Waals surface area (Å²) in [5, 5.41) is 2.93. The molecule has 19 heavy (non-hydrogen) atoms. The maximum absolute atomic E-state index is 12.7. The summed E-state index contributed by atoms with van der Waals surface area (Å²) in [7, 11) is 0. The van der Waals surface area contributed by atoms with Gasteiger partial charge in [0.1, 0.15) is 11.6 Å². The van der Waals surface area contributed by atoms with Crippen molar-refractivity contribution in [1.82, 2.24) is 10.2 Å². The summed E-state index contributed by atoms with van der Waals surface area (Å²) in [5.41, 5.74) is -0.679. The van der Waals surface area contributed by atoms with Crippen LogP contribution in [0.4, 0.5) is 0 Å². The lowest BCUT2D eigenvalue weighted by Crippen LogP contribution is -2.69. The fourth-order valence-electron chi connectivity index (χ4n) is 2.68. The van der Waals surface area contributed by atoms with Gasteiger partial charge in [-0.2, -0.15) is 0 Å². The van der Waals surface area contributed by atoms with Crippen LogP contribution in [0.3, 0.4) is 0 Å². The number of hydrogen-bond donors (Lipinski definition) is 1. The molecular weight excluding hydrogens is 240 g/mol. The summed E-state index contributed by atoms with van der Waals surface area (Å²) >= 11 is 0. The van der Waals surface area contributed by atoms with Crippen molar-refractivity contribution in [3.05, 3.63) is 0 Å². The van der Waals surface area contributed by atoms with E-state index in [9.17, 15) is 9.59 Å². The highest BCUT2D eigenvalue weighted by molar-refractivity contribution is 5.99. The number of carbonyl (C=O) groups excluding carboxylic acids is 2. The van der Waals surface area contributed by atoms with Crippen LogP contribution in [0.15, 0.2) is 0 Å². The number of rotatable bonds is 6. The molecule has 0 aliphatic carbocycles. The largest absolute Gasteiger partial charge is 0.340 e. The second kappa shape index (κ2) is 6.40. The van der Waals surface area contributed by atoms with Crippen molar-refractivity contribution in [2.45, 2.75) is 71.9 Å². The smallest absolute Gasteiger partial charge is 0.248 e. The molecular formula is C15H28N2O2. The maximum Gasteiger partial charge on any atom is 0.248 e. The summed E-state index contributed by atoms with van der Waals surface area (Å²) in [6, 6.07) is -0.342. The molecule has 4 nitrogen and oxygen atoms in total. The quantitative estimate of drug-likeness (QED) is 0.803. The van der Waals surface area contributed by atoms with Crippen LogP contribution >= 0.6 is 0 Å². The van der Waals surface area contributed by atoms with Crippen LogP contribution in [0.25, 0.3) is 0 Å². The van der Waals surface area contributed by atoms with Crippen molar-refractivity contribution >= 4 is 11.8 Å². The summed E-state index contributed by atoms with van der Waals surface area (Å²) in [5.74, 6) is 0.701. The highest BCUT2D eigenvalue weighted by Gasteiger charge is 2.46. The molecule has 1 unspecified atom stereocenters. The molecule has 0 radical (unpaired) electrons. The van der Waals surface area contributed by atoms with Gasteiger partial charge in [0, 0.05) is 6.54 Å². The molecule has 0 saturated carbocycles. The molecule has 110 valence electrons. The number of hydrogen-bond acceptors (Lipinski definition) is 2. The Bertz CT molecular complexity index is 335. The van der Waals surface area contributed by atoms with E-state index in [1.807, 2.05) is 20.8 Å². The molecule has 0 spiro atoms. The standard InChI is InChI=1S/C15H28N2O2/c1-6-15(7-2)14(19)17(10-8-9-11(3)4)12(5)13(18)16-15/h11-12H,6-10H2,1-5H3,(H,16,18). The molecule has 1 N–H and O–H groups in total. The summed E-state index contributed by atoms with van der Waals surface area (Å²) in [4.78, 5) is 26.5. The van der Waals surface area contributed by atoms with Gasteiger partial charge >= 0.3 is 0 Å². The average molecular weight is 268 g/mol. The van der Waals surface area contributed by atoms with Gasteiger partial charge in [-0.3, -0.25) is 9.59 Å². The van der Waals surface area contributed by atoms with Crippen LogP contribution in [0, 0.1) is 5.92 Å². The van der Waals surface area contributed by atoms with E-state index in [0.717, 1.165) is 12.8 Å². The number of nitrogens with zero attached hydrogens (tertiary/aromatic N) is 1. The number of piperazine rings is 1. The third kappa shape index (κ3) is 3.28. The highest BCUT2D eigenvalue weighted by atomic mass is 16.2. The zero-order valence-electron chi connectivity index (χ0n) is 13.0. The molecule has 1 fully saturated rings. The number of amides is 2.